The Morgan fingerprint density at radius 3 is 2.88 bits per heavy atom. The number of hydrogen-bond acceptors (Lipinski definition) is 2. The molecule has 1 amide bonds. The monoisotopic (exact) mass is 240 g/mol. The Labute approximate surface area is 101 Å². The van der Waals surface area contributed by atoms with Gasteiger partial charge in [-0.3, -0.25) is 4.79 Å². The minimum atomic E-state index is -0.0722. The maximum absolute atomic E-state index is 11.8. The highest BCUT2D eigenvalue weighted by Crippen LogP contribution is 2.18. The lowest BCUT2D eigenvalue weighted by Crippen LogP contribution is -2.25. The fourth-order valence-corrected chi connectivity index (χ4v) is 1.59. The Balaban J connectivity index is 2.56. The average Bonchev–Trinajstić information content (AvgIpc) is 2.28. The maximum Gasteiger partial charge on any atom is 0.251 e. The highest BCUT2D eigenvalue weighted by atomic mass is 35.5. The van der Waals surface area contributed by atoms with Crippen LogP contribution in [0, 0.1) is 6.92 Å². The summed E-state index contributed by atoms with van der Waals surface area (Å²) in [5.41, 5.74) is 6.83. The molecule has 3 nitrogen and oxygen atoms in total. The number of hydrogen-bond donors (Lipinski definition) is 2. The summed E-state index contributed by atoms with van der Waals surface area (Å²) in [6.45, 7) is 3.16. The molecule has 1 rings (SSSR count). The molecule has 0 aliphatic carbocycles. The van der Waals surface area contributed by atoms with E-state index >= 15 is 0 Å². The Hall–Kier alpha value is -1.06. The first-order chi connectivity index (χ1) is 7.66. The SMILES string of the molecule is Cc1c(Cl)cccc1C(=O)NCCCCN. The zero-order chi connectivity index (χ0) is 12.0. The van der Waals surface area contributed by atoms with Crippen LogP contribution in [0.2, 0.25) is 5.02 Å². The van der Waals surface area contributed by atoms with E-state index in [-0.39, 0.29) is 5.91 Å². The first-order valence-corrected chi connectivity index (χ1v) is 5.78. The van der Waals surface area contributed by atoms with Gasteiger partial charge in [0.25, 0.3) is 5.91 Å². The van der Waals surface area contributed by atoms with Crippen molar-refractivity contribution in [2.24, 2.45) is 5.73 Å². The minimum absolute atomic E-state index is 0.0722. The quantitative estimate of drug-likeness (QED) is 0.775. The normalized spacial score (nSPS) is 10.2. The molecule has 0 radical (unpaired) electrons. The lowest BCUT2D eigenvalue weighted by molar-refractivity contribution is 0.0952. The molecule has 0 heterocycles. The second kappa shape index (κ2) is 6.51. The summed E-state index contributed by atoms with van der Waals surface area (Å²) in [5.74, 6) is -0.0722. The van der Waals surface area contributed by atoms with Gasteiger partial charge in [0, 0.05) is 17.1 Å². The predicted molar refractivity (Wildman–Crippen MR) is 66.8 cm³/mol. The molecule has 16 heavy (non-hydrogen) atoms. The maximum atomic E-state index is 11.8. The standard InChI is InChI=1S/C12H17ClN2O/c1-9-10(5-4-6-11(9)13)12(16)15-8-3-2-7-14/h4-6H,2-3,7-8,14H2,1H3,(H,15,16). The van der Waals surface area contributed by atoms with Crippen LogP contribution in [0.4, 0.5) is 0 Å². The molecule has 0 saturated heterocycles. The summed E-state index contributed by atoms with van der Waals surface area (Å²) in [5, 5.41) is 3.47. The molecule has 0 bridgehead atoms. The average molecular weight is 241 g/mol. The largest absolute Gasteiger partial charge is 0.352 e. The van der Waals surface area contributed by atoms with Crippen molar-refractivity contribution >= 4 is 17.5 Å². The van der Waals surface area contributed by atoms with Gasteiger partial charge in [-0.25, -0.2) is 0 Å². The number of halogens is 1. The van der Waals surface area contributed by atoms with Gasteiger partial charge in [0.1, 0.15) is 0 Å². The molecule has 0 aliphatic heterocycles. The van der Waals surface area contributed by atoms with Crippen molar-refractivity contribution in [2.75, 3.05) is 13.1 Å². The van der Waals surface area contributed by atoms with Crippen LogP contribution in [0.3, 0.4) is 0 Å². The zero-order valence-corrected chi connectivity index (χ0v) is 10.2. The van der Waals surface area contributed by atoms with Gasteiger partial charge in [-0.05, 0) is 44.0 Å². The third kappa shape index (κ3) is 3.51. The topological polar surface area (TPSA) is 55.1 Å². The first-order valence-electron chi connectivity index (χ1n) is 5.40. The van der Waals surface area contributed by atoms with Gasteiger partial charge < -0.3 is 11.1 Å². The highest BCUT2D eigenvalue weighted by Gasteiger charge is 2.09. The molecule has 0 fully saturated rings. The number of unbranched alkanes of at least 4 members (excludes halogenated alkanes) is 1. The van der Waals surface area contributed by atoms with E-state index < -0.39 is 0 Å². The second-order valence-corrected chi connectivity index (χ2v) is 4.07. The number of nitrogens with one attached hydrogen (secondary N) is 1. The first kappa shape index (κ1) is 13.0. The van der Waals surface area contributed by atoms with Crippen molar-refractivity contribution in [3.05, 3.63) is 34.3 Å². The van der Waals surface area contributed by atoms with Crippen LogP contribution in [0.15, 0.2) is 18.2 Å². The third-order valence-corrected chi connectivity index (χ3v) is 2.84. The van der Waals surface area contributed by atoms with Crippen molar-refractivity contribution in [1.29, 1.82) is 0 Å². The summed E-state index contributed by atoms with van der Waals surface area (Å²) in [7, 11) is 0. The number of benzene rings is 1. The highest BCUT2D eigenvalue weighted by molar-refractivity contribution is 6.31. The van der Waals surface area contributed by atoms with E-state index in [1.165, 1.54) is 0 Å². The molecule has 0 unspecified atom stereocenters. The van der Waals surface area contributed by atoms with Crippen LogP contribution in [0.1, 0.15) is 28.8 Å². The van der Waals surface area contributed by atoms with E-state index in [0.29, 0.717) is 23.7 Å². The Morgan fingerprint density at radius 2 is 2.19 bits per heavy atom. The third-order valence-electron chi connectivity index (χ3n) is 2.43. The molecular formula is C12H17ClN2O. The van der Waals surface area contributed by atoms with Crippen molar-refractivity contribution in [3.8, 4) is 0 Å². The number of rotatable bonds is 5. The molecule has 0 saturated carbocycles. The van der Waals surface area contributed by atoms with E-state index in [0.717, 1.165) is 18.4 Å². The van der Waals surface area contributed by atoms with E-state index in [1.54, 1.807) is 18.2 Å². The fourth-order valence-electron chi connectivity index (χ4n) is 1.42. The smallest absolute Gasteiger partial charge is 0.251 e. The molecule has 1 aromatic carbocycles. The molecule has 3 N–H and O–H groups in total. The van der Waals surface area contributed by atoms with Crippen LogP contribution in [-0.4, -0.2) is 19.0 Å². The lowest BCUT2D eigenvalue weighted by atomic mass is 10.1. The lowest BCUT2D eigenvalue weighted by Gasteiger charge is -2.08. The summed E-state index contributed by atoms with van der Waals surface area (Å²) in [6, 6.07) is 5.34. The summed E-state index contributed by atoms with van der Waals surface area (Å²) >= 11 is 5.95. The van der Waals surface area contributed by atoms with Crippen molar-refractivity contribution in [2.45, 2.75) is 19.8 Å². The van der Waals surface area contributed by atoms with Gasteiger partial charge in [-0.1, -0.05) is 17.7 Å². The van der Waals surface area contributed by atoms with Crippen molar-refractivity contribution < 1.29 is 4.79 Å². The summed E-state index contributed by atoms with van der Waals surface area (Å²) in [4.78, 5) is 11.8. The number of carbonyl (C=O) groups excluding carboxylic acids is 1. The molecular weight excluding hydrogens is 224 g/mol. The van der Waals surface area contributed by atoms with Crippen LogP contribution in [0.25, 0.3) is 0 Å². The second-order valence-electron chi connectivity index (χ2n) is 3.66. The van der Waals surface area contributed by atoms with E-state index in [4.69, 9.17) is 17.3 Å². The van der Waals surface area contributed by atoms with E-state index in [1.807, 2.05) is 6.92 Å². The van der Waals surface area contributed by atoms with Crippen LogP contribution >= 0.6 is 11.6 Å². The van der Waals surface area contributed by atoms with Gasteiger partial charge in [0.05, 0.1) is 0 Å². The summed E-state index contributed by atoms with van der Waals surface area (Å²) in [6.07, 6.45) is 1.83. The van der Waals surface area contributed by atoms with Gasteiger partial charge >= 0.3 is 0 Å². The van der Waals surface area contributed by atoms with Gasteiger partial charge in [0.2, 0.25) is 0 Å². The number of amides is 1. The Kier molecular flexibility index (Phi) is 5.29. The summed E-state index contributed by atoms with van der Waals surface area (Å²) < 4.78 is 0. The Morgan fingerprint density at radius 1 is 1.44 bits per heavy atom. The van der Waals surface area contributed by atoms with Crippen LogP contribution in [0.5, 0.6) is 0 Å². The van der Waals surface area contributed by atoms with Gasteiger partial charge in [-0.2, -0.15) is 0 Å². The molecule has 0 aromatic heterocycles. The molecule has 4 heteroatoms. The molecule has 88 valence electrons. The van der Waals surface area contributed by atoms with Gasteiger partial charge in [0.15, 0.2) is 0 Å². The van der Waals surface area contributed by atoms with Gasteiger partial charge in [-0.15, -0.1) is 0 Å². The van der Waals surface area contributed by atoms with E-state index in [9.17, 15) is 4.79 Å². The molecule has 1 aromatic rings. The minimum Gasteiger partial charge on any atom is -0.352 e. The Bertz CT molecular complexity index is 366. The zero-order valence-electron chi connectivity index (χ0n) is 9.42. The number of nitrogens with two attached hydrogens (primary N) is 1. The van der Waals surface area contributed by atoms with Crippen molar-refractivity contribution in [3.63, 3.8) is 0 Å². The van der Waals surface area contributed by atoms with Crippen LogP contribution < -0.4 is 11.1 Å². The predicted octanol–water partition coefficient (Wildman–Crippen LogP) is 2.12. The van der Waals surface area contributed by atoms with E-state index in [2.05, 4.69) is 5.32 Å². The molecule has 0 aliphatic rings. The number of carbonyl (C=O) groups is 1. The molecule has 0 atom stereocenters. The fraction of sp³-hybridized carbons (Fsp3) is 0.417. The molecule has 0 spiro atoms. The van der Waals surface area contributed by atoms with Crippen LogP contribution in [-0.2, 0) is 0 Å². The van der Waals surface area contributed by atoms with Crippen molar-refractivity contribution in [1.82, 2.24) is 5.32 Å².